The number of hydrazone groups is 1. The largest absolute Gasteiger partial charge is 0.416 e. The highest BCUT2D eigenvalue weighted by atomic mass is 32.1. The molecule has 6 rings (SSSR count). The first-order valence-corrected chi connectivity index (χ1v) is 14.5. The van der Waals surface area contributed by atoms with Gasteiger partial charge in [-0.05, 0) is 110 Å². The zero-order chi connectivity index (χ0) is 27.0. The van der Waals surface area contributed by atoms with Gasteiger partial charge in [0.05, 0.1) is 17.7 Å². The van der Waals surface area contributed by atoms with E-state index < -0.39 is 11.7 Å². The fraction of sp³-hybridized carbons (Fsp3) is 0.667. The Morgan fingerprint density at radius 3 is 2.47 bits per heavy atom. The topological polar surface area (TPSA) is 61.9 Å². The summed E-state index contributed by atoms with van der Waals surface area (Å²) < 4.78 is 39.4. The summed E-state index contributed by atoms with van der Waals surface area (Å²) in [7, 11) is 0. The zero-order valence-corrected chi connectivity index (χ0v) is 23.0. The van der Waals surface area contributed by atoms with E-state index in [0.717, 1.165) is 61.9 Å². The van der Waals surface area contributed by atoms with Crippen LogP contribution in [0.2, 0.25) is 0 Å². The van der Waals surface area contributed by atoms with Crippen molar-refractivity contribution in [3.8, 4) is 0 Å². The molecule has 4 aliphatic carbocycles. The fourth-order valence-electron chi connectivity index (χ4n) is 9.29. The lowest BCUT2D eigenvalue weighted by Gasteiger charge is -2.58. The third kappa shape index (κ3) is 4.04. The van der Waals surface area contributed by atoms with Gasteiger partial charge in [0.2, 0.25) is 0 Å². The van der Waals surface area contributed by atoms with Gasteiger partial charge in [-0.3, -0.25) is 0 Å². The molecule has 5 aliphatic rings. The number of nitrogens with two attached hydrogens (primary N) is 1. The molecule has 8 heteroatoms. The molecule has 1 heterocycles. The Bertz CT molecular complexity index is 1180. The molecule has 0 saturated heterocycles. The molecule has 0 aromatic heterocycles. The molecule has 4 nitrogen and oxygen atoms in total. The second kappa shape index (κ2) is 9.05. The van der Waals surface area contributed by atoms with Crippen molar-refractivity contribution in [3.05, 3.63) is 47.0 Å². The van der Waals surface area contributed by atoms with Gasteiger partial charge in [0.1, 0.15) is 0 Å². The minimum Gasteiger partial charge on any atom is -0.393 e. The number of hydrogen-bond acceptors (Lipinski definition) is 3. The number of hydrogen-bond donors (Lipinski definition) is 2. The summed E-state index contributed by atoms with van der Waals surface area (Å²) in [6.07, 6.45) is 7.10. The highest BCUT2D eigenvalue weighted by Crippen LogP contribution is 2.66. The third-order valence-corrected chi connectivity index (χ3v) is 11.4. The van der Waals surface area contributed by atoms with Gasteiger partial charge in [0.25, 0.3) is 0 Å². The number of halogens is 3. The molecule has 6 unspecified atom stereocenters. The predicted molar refractivity (Wildman–Crippen MR) is 146 cm³/mol. The van der Waals surface area contributed by atoms with Crippen molar-refractivity contribution >= 4 is 23.0 Å². The standard InChI is InChI=1S/C30H38F3N3OS/c1-28-13-11-20(37)15-19(28)7-8-21-22-9-10-24(29(22,2)14-12-23(21)28)25-16-26(36(35-25)27(34)38)17-3-5-18(6-4-17)30(31,32)33/h3-7,20-24,26,37H,8-16H2,1-2H3,(H2,34,38)/t20?,21?,22?,23?,24?,26?,28-,29-/m0/s1. The maximum absolute atomic E-state index is 13.1. The van der Waals surface area contributed by atoms with Crippen LogP contribution in [0.5, 0.6) is 0 Å². The van der Waals surface area contributed by atoms with Crippen molar-refractivity contribution in [1.29, 1.82) is 0 Å². The smallest absolute Gasteiger partial charge is 0.393 e. The van der Waals surface area contributed by atoms with E-state index >= 15 is 0 Å². The first-order chi connectivity index (χ1) is 17.9. The molecule has 3 fully saturated rings. The van der Waals surface area contributed by atoms with Crippen LogP contribution in [0.1, 0.15) is 88.8 Å². The van der Waals surface area contributed by atoms with E-state index in [0.29, 0.717) is 30.1 Å². The van der Waals surface area contributed by atoms with Crippen molar-refractivity contribution in [2.24, 2.45) is 45.3 Å². The first kappa shape index (κ1) is 26.3. The number of aliphatic hydroxyl groups is 1. The Kier molecular flexibility index (Phi) is 6.26. The molecule has 3 saturated carbocycles. The average molecular weight is 546 g/mol. The lowest BCUT2D eigenvalue weighted by Crippen LogP contribution is -2.51. The van der Waals surface area contributed by atoms with Gasteiger partial charge >= 0.3 is 6.18 Å². The van der Waals surface area contributed by atoms with E-state index in [1.807, 2.05) is 0 Å². The van der Waals surface area contributed by atoms with Gasteiger partial charge in [0.15, 0.2) is 5.11 Å². The number of allylic oxidation sites excluding steroid dienone is 1. The van der Waals surface area contributed by atoms with Crippen molar-refractivity contribution in [2.75, 3.05) is 0 Å². The molecule has 0 bridgehead atoms. The molecular formula is C30H38F3N3OS. The molecule has 0 radical (unpaired) electrons. The normalized spacial score (nSPS) is 40.6. The van der Waals surface area contributed by atoms with Crippen LogP contribution >= 0.6 is 12.2 Å². The monoisotopic (exact) mass is 545 g/mol. The van der Waals surface area contributed by atoms with Crippen LogP contribution in [0.15, 0.2) is 41.0 Å². The molecule has 206 valence electrons. The Morgan fingerprint density at radius 2 is 1.79 bits per heavy atom. The van der Waals surface area contributed by atoms with Crippen LogP contribution in [0, 0.1) is 34.5 Å². The van der Waals surface area contributed by atoms with E-state index in [1.54, 1.807) is 5.01 Å². The van der Waals surface area contributed by atoms with E-state index in [2.05, 4.69) is 19.9 Å². The number of thiocarbonyl (C=S) groups is 1. The minimum absolute atomic E-state index is 0.146. The maximum atomic E-state index is 13.1. The second-order valence-corrected chi connectivity index (χ2v) is 13.4. The summed E-state index contributed by atoms with van der Waals surface area (Å²) >= 11 is 5.33. The Hall–Kier alpha value is -1.93. The summed E-state index contributed by atoms with van der Waals surface area (Å²) in [6.45, 7) is 4.91. The first-order valence-electron chi connectivity index (χ1n) is 14.1. The van der Waals surface area contributed by atoms with Crippen molar-refractivity contribution < 1.29 is 18.3 Å². The van der Waals surface area contributed by atoms with Crippen LogP contribution in [0.3, 0.4) is 0 Å². The van der Waals surface area contributed by atoms with Gasteiger partial charge in [-0.25, -0.2) is 5.01 Å². The van der Waals surface area contributed by atoms with Gasteiger partial charge in [-0.15, -0.1) is 0 Å². The second-order valence-electron chi connectivity index (χ2n) is 12.9. The highest BCUT2D eigenvalue weighted by molar-refractivity contribution is 7.80. The van der Waals surface area contributed by atoms with Crippen molar-refractivity contribution in [1.82, 2.24) is 5.01 Å². The minimum atomic E-state index is -4.37. The Labute approximate surface area is 228 Å². The van der Waals surface area contributed by atoms with Gasteiger partial charge in [0, 0.05) is 18.1 Å². The summed E-state index contributed by atoms with van der Waals surface area (Å²) in [6, 6.07) is 5.07. The van der Waals surface area contributed by atoms with E-state index in [4.69, 9.17) is 23.1 Å². The molecular weight excluding hydrogens is 507 g/mol. The molecule has 8 atom stereocenters. The van der Waals surface area contributed by atoms with E-state index in [1.165, 1.54) is 30.5 Å². The van der Waals surface area contributed by atoms with Crippen molar-refractivity contribution in [2.45, 2.75) is 90.0 Å². The number of fused-ring (bicyclic) bond motifs is 5. The van der Waals surface area contributed by atoms with Gasteiger partial charge in [-0.2, -0.15) is 18.3 Å². The van der Waals surface area contributed by atoms with Crippen LogP contribution in [-0.2, 0) is 6.18 Å². The molecule has 1 aromatic rings. The number of rotatable bonds is 2. The quantitative estimate of drug-likeness (QED) is 0.311. The van der Waals surface area contributed by atoms with Gasteiger partial charge in [-0.1, -0.05) is 37.6 Å². The van der Waals surface area contributed by atoms with Crippen LogP contribution in [-0.4, -0.2) is 27.0 Å². The predicted octanol–water partition coefficient (Wildman–Crippen LogP) is 6.99. The number of alkyl halides is 3. The number of nitrogens with zero attached hydrogens (tertiary/aromatic N) is 2. The summed E-state index contributed by atoms with van der Waals surface area (Å²) in [5.41, 5.74) is 9.12. The van der Waals surface area contributed by atoms with Crippen LogP contribution in [0.25, 0.3) is 0 Å². The Balaban J connectivity index is 1.25. The number of aliphatic hydroxyl groups excluding tert-OH is 1. The lowest BCUT2D eigenvalue weighted by molar-refractivity contribution is -0.137. The van der Waals surface area contributed by atoms with E-state index in [-0.39, 0.29) is 28.1 Å². The van der Waals surface area contributed by atoms with Gasteiger partial charge < -0.3 is 10.8 Å². The SMILES string of the molecule is C[C@]12CCC3C(CC=C4CC(O)CC[C@@]43C)C1CCC2C1=NN(C(N)=S)C(c2ccc(C(F)(F)F)cc2)C1. The average Bonchev–Trinajstić information content (AvgIpc) is 3.45. The molecule has 1 aromatic carbocycles. The third-order valence-electron chi connectivity index (χ3n) is 11.3. The Morgan fingerprint density at radius 1 is 1.05 bits per heavy atom. The molecule has 3 N–H and O–H groups in total. The lowest BCUT2D eigenvalue weighted by atomic mass is 9.47. The van der Waals surface area contributed by atoms with Crippen LogP contribution in [0.4, 0.5) is 13.2 Å². The maximum Gasteiger partial charge on any atom is 0.416 e. The van der Waals surface area contributed by atoms with Crippen LogP contribution < -0.4 is 5.73 Å². The molecule has 1 aliphatic heterocycles. The molecule has 0 spiro atoms. The zero-order valence-electron chi connectivity index (χ0n) is 22.2. The summed E-state index contributed by atoms with van der Waals surface area (Å²) in [4.78, 5) is 0. The van der Waals surface area contributed by atoms with Crippen molar-refractivity contribution in [3.63, 3.8) is 0 Å². The fourth-order valence-corrected chi connectivity index (χ4v) is 9.46. The molecule has 0 amide bonds. The highest BCUT2D eigenvalue weighted by Gasteiger charge is 2.59. The molecule has 38 heavy (non-hydrogen) atoms. The summed E-state index contributed by atoms with van der Waals surface area (Å²) in [5, 5.41) is 17.1. The van der Waals surface area contributed by atoms with E-state index in [9.17, 15) is 18.3 Å². The summed E-state index contributed by atoms with van der Waals surface area (Å²) in [5.74, 6) is 2.28. The number of benzene rings is 1.